The first-order valence-electron chi connectivity index (χ1n) is 8.92. The van der Waals surface area contributed by atoms with E-state index in [4.69, 9.17) is 14.2 Å². The fourth-order valence-electron chi connectivity index (χ4n) is 3.09. The molecule has 0 amide bonds. The van der Waals surface area contributed by atoms with Gasteiger partial charge in [-0.2, -0.15) is 0 Å². The van der Waals surface area contributed by atoms with Gasteiger partial charge >= 0.3 is 5.97 Å². The van der Waals surface area contributed by atoms with Crippen molar-refractivity contribution in [3.8, 4) is 11.5 Å². The molecule has 0 aliphatic heterocycles. The maximum absolute atomic E-state index is 13.3. The molecule has 0 fully saturated rings. The first-order chi connectivity index (χ1) is 12.5. The zero-order valence-electron chi connectivity index (χ0n) is 15.0. The fraction of sp³-hybridized carbons (Fsp3) is 0.381. The van der Waals surface area contributed by atoms with Crippen LogP contribution in [-0.4, -0.2) is 24.8 Å². The number of aryl methyl sites for hydroxylation is 1. The maximum atomic E-state index is 13.3. The molecule has 1 aliphatic carbocycles. The molecule has 0 saturated carbocycles. The van der Waals surface area contributed by atoms with Gasteiger partial charge in [0, 0.05) is 6.42 Å². The van der Waals surface area contributed by atoms with Crippen LogP contribution in [0.25, 0.3) is 0 Å². The second-order valence-electron chi connectivity index (χ2n) is 6.38. The van der Waals surface area contributed by atoms with Crippen molar-refractivity contribution in [3.05, 3.63) is 59.4 Å². The van der Waals surface area contributed by atoms with E-state index in [0.717, 1.165) is 36.1 Å². The Morgan fingerprint density at radius 3 is 2.62 bits per heavy atom. The van der Waals surface area contributed by atoms with E-state index in [2.05, 4.69) is 0 Å². The molecular weight excluding hydrogens is 335 g/mol. The van der Waals surface area contributed by atoms with E-state index in [9.17, 15) is 9.18 Å². The average molecular weight is 358 g/mol. The van der Waals surface area contributed by atoms with Crippen LogP contribution < -0.4 is 9.47 Å². The Kier molecular flexibility index (Phi) is 5.76. The zero-order valence-corrected chi connectivity index (χ0v) is 15.0. The van der Waals surface area contributed by atoms with Gasteiger partial charge in [-0.1, -0.05) is 6.07 Å². The highest BCUT2D eigenvalue weighted by Crippen LogP contribution is 2.27. The zero-order chi connectivity index (χ0) is 18.5. The molecule has 2 atom stereocenters. The summed E-state index contributed by atoms with van der Waals surface area (Å²) in [6, 6.07) is 12.2. The lowest BCUT2D eigenvalue weighted by Gasteiger charge is -2.25. The van der Waals surface area contributed by atoms with Gasteiger partial charge in [0.25, 0.3) is 0 Å². The SMILES string of the molecule is CCOC(=O)C(C)Oc1ccc(OC2CCc3cc(F)ccc3C2)cc1. The van der Waals surface area contributed by atoms with Crippen LogP contribution in [0.2, 0.25) is 0 Å². The lowest BCUT2D eigenvalue weighted by atomic mass is 9.89. The third-order valence-electron chi connectivity index (χ3n) is 4.41. The second-order valence-corrected chi connectivity index (χ2v) is 6.38. The molecule has 2 aromatic carbocycles. The van der Waals surface area contributed by atoms with Crippen molar-refractivity contribution in [1.82, 2.24) is 0 Å². The minimum absolute atomic E-state index is 0.0678. The molecule has 4 nitrogen and oxygen atoms in total. The highest BCUT2D eigenvalue weighted by atomic mass is 19.1. The van der Waals surface area contributed by atoms with Crippen LogP contribution >= 0.6 is 0 Å². The molecule has 26 heavy (non-hydrogen) atoms. The predicted molar refractivity (Wildman–Crippen MR) is 96.0 cm³/mol. The molecule has 0 heterocycles. The molecule has 138 valence electrons. The molecule has 0 aromatic heterocycles. The van der Waals surface area contributed by atoms with Crippen molar-refractivity contribution in [2.24, 2.45) is 0 Å². The molecule has 1 aliphatic rings. The largest absolute Gasteiger partial charge is 0.490 e. The normalized spacial score (nSPS) is 17.1. The van der Waals surface area contributed by atoms with E-state index in [1.165, 1.54) is 6.07 Å². The molecule has 3 rings (SSSR count). The van der Waals surface area contributed by atoms with E-state index in [0.29, 0.717) is 12.4 Å². The Labute approximate surface area is 152 Å². The minimum Gasteiger partial charge on any atom is -0.490 e. The fourth-order valence-corrected chi connectivity index (χ4v) is 3.09. The average Bonchev–Trinajstić information content (AvgIpc) is 2.63. The van der Waals surface area contributed by atoms with Crippen molar-refractivity contribution in [1.29, 1.82) is 0 Å². The van der Waals surface area contributed by atoms with Gasteiger partial charge in [0.1, 0.15) is 23.4 Å². The first kappa shape index (κ1) is 18.2. The molecule has 0 bridgehead atoms. The van der Waals surface area contributed by atoms with E-state index in [1.807, 2.05) is 18.2 Å². The van der Waals surface area contributed by atoms with Crippen LogP contribution in [0, 0.1) is 5.82 Å². The summed E-state index contributed by atoms with van der Waals surface area (Å²) >= 11 is 0. The van der Waals surface area contributed by atoms with E-state index in [1.54, 1.807) is 32.0 Å². The van der Waals surface area contributed by atoms with Crippen molar-refractivity contribution in [2.45, 2.75) is 45.3 Å². The number of fused-ring (bicyclic) bond motifs is 1. The lowest BCUT2D eigenvalue weighted by molar-refractivity contribution is -0.150. The van der Waals surface area contributed by atoms with E-state index >= 15 is 0 Å². The molecule has 2 unspecified atom stereocenters. The summed E-state index contributed by atoms with van der Waals surface area (Å²) in [7, 11) is 0. The van der Waals surface area contributed by atoms with E-state index in [-0.39, 0.29) is 17.9 Å². The molecule has 5 heteroatoms. The number of carbonyl (C=O) groups excluding carboxylic acids is 1. The third kappa shape index (κ3) is 4.54. The van der Waals surface area contributed by atoms with Gasteiger partial charge in [-0.3, -0.25) is 0 Å². The topological polar surface area (TPSA) is 44.8 Å². The molecule has 0 spiro atoms. The van der Waals surface area contributed by atoms with Gasteiger partial charge in [0.05, 0.1) is 6.61 Å². The summed E-state index contributed by atoms with van der Waals surface area (Å²) in [4.78, 5) is 11.6. The number of carbonyl (C=O) groups is 1. The number of benzene rings is 2. The van der Waals surface area contributed by atoms with Crippen LogP contribution in [0.4, 0.5) is 4.39 Å². The summed E-state index contributed by atoms with van der Waals surface area (Å²) in [5.41, 5.74) is 2.22. The number of ether oxygens (including phenoxy) is 3. The summed E-state index contributed by atoms with van der Waals surface area (Å²) in [6.07, 6.45) is 1.85. The van der Waals surface area contributed by atoms with Gasteiger partial charge in [-0.05, 0) is 74.2 Å². The van der Waals surface area contributed by atoms with Crippen LogP contribution in [-0.2, 0) is 22.4 Å². The third-order valence-corrected chi connectivity index (χ3v) is 4.41. The molecule has 0 radical (unpaired) electrons. The van der Waals surface area contributed by atoms with Crippen molar-refractivity contribution in [3.63, 3.8) is 0 Å². The Morgan fingerprint density at radius 2 is 1.88 bits per heavy atom. The second kappa shape index (κ2) is 8.21. The quantitative estimate of drug-likeness (QED) is 0.730. The Hall–Kier alpha value is -2.56. The Balaban J connectivity index is 1.56. The van der Waals surface area contributed by atoms with Crippen LogP contribution in [0.3, 0.4) is 0 Å². The summed E-state index contributed by atoms with van der Waals surface area (Å²) in [5, 5.41) is 0. The molecular formula is C21H23FO4. The molecule has 2 aromatic rings. The number of hydrogen-bond donors (Lipinski definition) is 0. The lowest BCUT2D eigenvalue weighted by Crippen LogP contribution is -2.26. The highest BCUT2D eigenvalue weighted by Gasteiger charge is 2.21. The monoisotopic (exact) mass is 358 g/mol. The van der Waals surface area contributed by atoms with Crippen LogP contribution in [0.5, 0.6) is 11.5 Å². The van der Waals surface area contributed by atoms with Gasteiger partial charge in [0.2, 0.25) is 0 Å². The van der Waals surface area contributed by atoms with Gasteiger partial charge in [-0.25, -0.2) is 9.18 Å². The minimum atomic E-state index is -0.656. The highest BCUT2D eigenvalue weighted by molar-refractivity contribution is 5.74. The summed E-state index contributed by atoms with van der Waals surface area (Å²) in [5.74, 6) is 0.764. The summed E-state index contributed by atoms with van der Waals surface area (Å²) in [6.45, 7) is 3.75. The smallest absolute Gasteiger partial charge is 0.347 e. The molecule has 0 N–H and O–H groups in total. The van der Waals surface area contributed by atoms with Gasteiger partial charge < -0.3 is 14.2 Å². The van der Waals surface area contributed by atoms with Gasteiger partial charge in [-0.15, -0.1) is 0 Å². The van der Waals surface area contributed by atoms with E-state index < -0.39 is 6.10 Å². The standard InChI is InChI=1S/C21H23FO4/c1-3-24-21(23)14(2)25-18-8-10-19(11-9-18)26-20-7-5-15-12-17(22)6-4-16(15)13-20/h4,6,8-12,14,20H,3,5,7,13H2,1-2H3. The number of halogens is 1. The van der Waals surface area contributed by atoms with Gasteiger partial charge in [0.15, 0.2) is 6.10 Å². The van der Waals surface area contributed by atoms with Crippen LogP contribution in [0.1, 0.15) is 31.4 Å². The Bertz CT molecular complexity index is 757. The van der Waals surface area contributed by atoms with Crippen molar-refractivity contribution >= 4 is 5.97 Å². The van der Waals surface area contributed by atoms with Crippen molar-refractivity contribution < 1.29 is 23.4 Å². The summed E-state index contributed by atoms with van der Waals surface area (Å²) < 4.78 is 29.8. The number of hydrogen-bond acceptors (Lipinski definition) is 4. The van der Waals surface area contributed by atoms with Crippen LogP contribution in [0.15, 0.2) is 42.5 Å². The first-order valence-corrected chi connectivity index (χ1v) is 8.92. The number of esters is 1. The predicted octanol–water partition coefficient (Wildman–Crippen LogP) is 4.09. The van der Waals surface area contributed by atoms with Crippen molar-refractivity contribution in [2.75, 3.05) is 6.61 Å². The number of rotatable bonds is 6. The molecule has 0 saturated heterocycles. The maximum Gasteiger partial charge on any atom is 0.347 e. The Morgan fingerprint density at radius 1 is 1.15 bits per heavy atom.